The molecule has 1 aromatic carbocycles. The maximum absolute atomic E-state index is 13.7. The van der Waals surface area contributed by atoms with Gasteiger partial charge in [0, 0.05) is 37.1 Å². The van der Waals surface area contributed by atoms with Crippen molar-refractivity contribution in [2.24, 2.45) is 0 Å². The van der Waals surface area contributed by atoms with Gasteiger partial charge in [-0.05, 0) is 43.4 Å². The predicted molar refractivity (Wildman–Crippen MR) is 126 cm³/mol. The fourth-order valence-electron chi connectivity index (χ4n) is 3.70. The fraction of sp³-hybridized carbons (Fsp3) is 0.318. The van der Waals surface area contributed by atoms with Gasteiger partial charge in [-0.25, -0.2) is 4.98 Å². The van der Waals surface area contributed by atoms with Gasteiger partial charge in [0.15, 0.2) is 0 Å². The van der Waals surface area contributed by atoms with E-state index in [0.717, 1.165) is 35.7 Å². The molecule has 3 heterocycles. The molecule has 0 unspecified atom stereocenters. The van der Waals surface area contributed by atoms with Crippen molar-refractivity contribution in [1.29, 1.82) is 0 Å². The molecule has 0 spiro atoms. The summed E-state index contributed by atoms with van der Waals surface area (Å²) in [6.45, 7) is 5.54. The summed E-state index contributed by atoms with van der Waals surface area (Å²) in [6, 6.07) is 8.90. The number of H-pyrrole nitrogens is 1. The van der Waals surface area contributed by atoms with Crippen molar-refractivity contribution in [3.63, 3.8) is 0 Å². The zero-order valence-electron chi connectivity index (χ0n) is 18.4. The molecule has 3 N–H and O–H groups in total. The van der Waals surface area contributed by atoms with Crippen LogP contribution in [0.5, 0.6) is 0 Å². The molecule has 3 aromatic rings. The molecular formula is C22H24F3N6OP. The number of aromatic amines is 1. The van der Waals surface area contributed by atoms with E-state index in [4.69, 9.17) is 0 Å². The van der Waals surface area contributed by atoms with Crippen molar-refractivity contribution in [1.82, 2.24) is 19.9 Å². The molecule has 1 aliphatic rings. The number of anilines is 4. The minimum atomic E-state index is -4.65. The summed E-state index contributed by atoms with van der Waals surface area (Å²) < 4.78 is 41.0. The van der Waals surface area contributed by atoms with Crippen LogP contribution in [0.1, 0.15) is 16.8 Å². The van der Waals surface area contributed by atoms with Gasteiger partial charge in [0.05, 0.1) is 0 Å². The molecule has 0 fully saturated rings. The van der Waals surface area contributed by atoms with Crippen LogP contribution in [0, 0.1) is 0 Å². The topological polar surface area (TPSA) is 85.9 Å². The Kier molecular flexibility index (Phi) is 6.41. The molecule has 174 valence electrons. The van der Waals surface area contributed by atoms with E-state index >= 15 is 0 Å². The van der Waals surface area contributed by atoms with Crippen molar-refractivity contribution in [2.75, 3.05) is 37.6 Å². The number of likely N-dealkylation sites (N-methyl/N-ethyl adjacent to an activating group) is 1. The van der Waals surface area contributed by atoms with E-state index in [-0.39, 0.29) is 23.0 Å². The molecule has 33 heavy (non-hydrogen) atoms. The SMILES string of the molecule is CN1CCc2[nH]c(=O)c(Nc3ncc(C(F)(F)F)c(Nc4ccccc4P(C)C)n3)cc2C1. The molecular weight excluding hydrogens is 452 g/mol. The van der Waals surface area contributed by atoms with Crippen molar-refractivity contribution >= 4 is 36.4 Å². The second kappa shape index (κ2) is 9.11. The molecule has 1 aliphatic heterocycles. The highest BCUT2D eigenvalue weighted by atomic mass is 31.1. The third-order valence-electron chi connectivity index (χ3n) is 5.38. The maximum Gasteiger partial charge on any atom is 0.421 e. The lowest BCUT2D eigenvalue weighted by Gasteiger charge is -2.24. The largest absolute Gasteiger partial charge is 0.421 e. The van der Waals surface area contributed by atoms with Crippen molar-refractivity contribution in [3.05, 3.63) is 63.7 Å². The number of fused-ring (bicyclic) bond motifs is 1. The van der Waals surface area contributed by atoms with Crippen LogP contribution in [0.4, 0.5) is 36.3 Å². The number of hydrogen-bond acceptors (Lipinski definition) is 6. The minimum Gasteiger partial charge on any atom is -0.339 e. The van der Waals surface area contributed by atoms with E-state index in [1.54, 1.807) is 18.2 Å². The molecule has 7 nitrogen and oxygen atoms in total. The number of nitrogens with one attached hydrogen (secondary N) is 3. The summed E-state index contributed by atoms with van der Waals surface area (Å²) in [5.41, 5.74) is 1.19. The molecule has 11 heteroatoms. The summed E-state index contributed by atoms with van der Waals surface area (Å²) in [5.74, 6) is -0.480. The van der Waals surface area contributed by atoms with Gasteiger partial charge in [0.1, 0.15) is 17.1 Å². The Morgan fingerprint density at radius 3 is 2.64 bits per heavy atom. The van der Waals surface area contributed by atoms with E-state index in [1.807, 2.05) is 32.5 Å². The molecule has 0 bridgehead atoms. The number of hydrogen-bond donors (Lipinski definition) is 3. The standard InChI is InChI=1S/C22H24F3N6OP/c1-31-9-8-15-13(12-31)10-17(20(32)28-15)29-21-26-11-14(22(23,24)25)19(30-21)27-16-6-4-5-7-18(16)33(2)3/h4-7,10-11H,8-9,12H2,1-3H3,(H,28,32)(H2,26,27,29,30). The summed E-state index contributed by atoms with van der Waals surface area (Å²) in [4.78, 5) is 25.4. The number of benzene rings is 1. The van der Waals surface area contributed by atoms with Crippen LogP contribution in [0.2, 0.25) is 0 Å². The number of nitrogens with zero attached hydrogens (tertiary/aromatic N) is 3. The fourth-order valence-corrected chi connectivity index (χ4v) is 4.70. The van der Waals surface area contributed by atoms with Gasteiger partial charge in [-0.15, -0.1) is 0 Å². The zero-order chi connectivity index (χ0) is 23.8. The number of alkyl halides is 3. The number of rotatable bonds is 5. The quantitative estimate of drug-likeness (QED) is 0.483. The van der Waals surface area contributed by atoms with Crippen LogP contribution < -0.4 is 21.5 Å². The van der Waals surface area contributed by atoms with E-state index in [0.29, 0.717) is 12.2 Å². The molecule has 0 saturated carbocycles. The van der Waals surface area contributed by atoms with Gasteiger partial charge < -0.3 is 20.5 Å². The van der Waals surface area contributed by atoms with Gasteiger partial charge in [0.25, 0.3) is 5.56 Å². The van der Waals surface area contributed by atoms with Gasteiger partial charge in [-0.3, -0.25) is 4.79 Å². The first-order valence-electron chi connectivity index (χ1n) is 10.3. The van der Waals surface area contributed by atoms with Gasteiger partial charge in [-0.1, -0.05) is 26.1 Å². The Morgan fingerprint density at radius 2 is 1.91 bits per heavy atom. The molecule has 0 radical (unpaired) electrons. The minimum absolute atomic E-state index is 0.104. The lowest BCUT2D eigenvalue weighted by molar-refractivity contribution is -0.137. The number of aromatic nitrogens is 3. The average Bonchev–Trinajstić information content (AvgIpc) is 2.74. The van der Waals surface area contributed by atoms with E-state index in [1.165, 1.54) is 0 Å². The van der Waals surface area contributed by atoms with E-state index in [2.05, 4.69) is 30.5 Å². The summed E-state index contributed by atoms with van der Waals surface area (Å²) in [6.07, 6.45) is -3.20. The van der Waals surface area contributed by atoms with Crippen LogP contribution >= 0.6 is 7.92 Å². The first-order valence-corrected chi connectivity index (χ1v) is 12.5. The smallest absolute Gasteiger partial charge is 0.339 e. The highest BCUT2D eigenvalue weighted by Gasteiger charge is 2.35. The second-order valence-electron chi connectivity index (χ2n) is 8.12. The molecule has 2 aromatic heterocycles. The van der Waals surface area contributed by atoms with Crippen LogP contribution in [0.25, 0.3) is 0 Å². The van der Waals surface area contributed by atoms with Crippen LogP contribution in [0.15, 0.2) is 41.3 Å². The Bertz CT molecular complexity index is 1230. The third kappa shape index (κ3) is 5.17. The second-order valence-corrected chi connectivity index (χ2v) is 10.4. The Labute approximate surface area is 190 Å². The highest BCUT2D eigenvalue weighted by molar-refractivity contribution is 7.64. The monoisotopic (exact) mass is 476 g/mol. The first kappa shape index (κ1) is 23.2. The number of para-hydroxylation sites is 1. The first-order chi connectivity index (χ1) is 15.6. The maximum atomic E-state index is 13.7. The van der Waals surface area contributed by atoms with Crippen LogP contribution in [-0.2, 0) is 19.1 Å². The lowest BCUT2D eigenvalue weighted by Crippen LogP contribution is -2.29. The van der Waals surface area contributed by atoms with Crippen molar-refractivity contribution in [3.8, 4) is 0 Å². The van der Waals surface area contributed by atoms with Crippen LogP contribution in [0.3, 0.4) is 0 Å². The number of halogens is 3. The Balaban J connectivity index is 1.70. The van der Waals surface area contributed by atoms with Crippen molar-refractivity contribution < 1.29 is 13.2 Å². The summed E-state index contributed by atoms with van der Waals surface area (Å²) in [5, 5.41) is 6.55. The van der Waals surface area contributed by atoms with Gasteiger partial charge in [0.2, 0.25) is 5.95 Å². The van der Waals surface area contributed by atoms with Gasteiger partial charge in [-0.2, -0.15) is 18.2 Å². The van der Waals surface area contributed by atoms with Gasteiger partial charge >= 0.3 is 6.18 Å². The molecule has 0 aliphatic carbocycles. The summed E-state index contributed by atoms with van der Waals surface area (Å²) in [7, 11) is 1.42. The molecule has 4 rings (SSSR count). The third-order valence-corrected chi connectivity index (χ3v) is 6.73. The van der Waals surface area contributed by atoms with E-state index < -0.39 is 19.7 Å². The van der Waals surface area contributed by atoms with E-state index in [9.17, 15) is 18.0 Å². The average molecular weight is 476 g/mol. The zero-order valence-corrected chi connectivity index (χ0v) is 19.3. The Morgan fingerprint density at radius 1 is 1.15 bits per heavy atom. The lowest BCUT2D eigenvalue weighted by atomic mass is 10.1. The summed E-state index contributed by atoms with van der Waals surface area (Å²) >= 11 is 0. The van der Waals surface area contributed by atoms with Crippen LogP contribution in [-0.4, -0.2) is 46.8 Å². The molecule has 0 saturated heterocycles. The molecule has 0 atom stereocenters. The number of pyridine rings is 1. The Hall–Kier alpha value is -2.97. The van der Waals surface area contributed by atoms with Crippen molar-refractivity contribution in [2.45, 2.75) is 19.1 Å². The predicted octanol–water partition coefficient (Wildman–Crippen LogP) is 4.03. The highest BCUT2D eigenvalue weighted by Crippen LogP contribution is 2.36. The molecule has 0 amide bonds. The normalized spacial score (nSPS) is 14.3.